The first-order valence-corrected chi connectivity index (χ1v) is 5.30. The normalized spacial score (nSPS) is 31.4. The molecule has 0 saturated carbocycles. The van der Waals surface area contributed by atoms with Crippen molar-refractivity contribution < 1.29 is 19.4 Å². The van der Waals surface area contributed by atoms with Gasteiger partial charge in [-0.2, -0.15) is 0 Å². The second-order valence-electron chi connectivity index (χ2n) is 3.10. The van der Waals surface area contributed by atoms with Crippen LogP contribution in [0.3, 0.4) is 0 Å². The Morgan fingerprint density at radius 1 is 1.71 bits per heavy atom. The fourth-order valence-electron chi connectivity index (χ4n) is 1.19. The minimum atomic E-state index is -0.939. The number of hydrogen-bond donors (Lipinski definition) is 2. The highest BCUT2D eigenvalue weighted by atomic mass is 32.2. The average molecular weight is 219 g/mol. The van der Waals surface area contributed by atoms with Crippen molar-refractivity contribution in [2.75, 3.05) is 12.4 Å². The molecule has 5 nitrogen and oxygen atoms in total. The smallest absolute Gasteiger partial charge is 0.336 e. The first kappa shape index (κ1) is 11.3. The second kappa shape index (κ2) is 4.18. The van der Waals surface area contributed by atoms with Crippen molar-refractivity contribution in [1.29, 1.82) is 0 Å². The SMILES string of the molecule is CCOC(=O)[C@]1(C)N[C@@H](C(=O)O)CS1. The van der Waals surface area contributed by atoms with Crippen LogP contribution in [0.15, 0.2) is 0 Å². The van der Waals surface area contributed by atoms with Crippen LogP contribution in [-0.2, 0) is 14.3 Å². The number of esters is 1. The number of carboxylic acid groups (broad SMARTS) is 1. The molecule has 1 aliphatic rings. The van der Waals surface area contributed by atoms with Gasteiger partial charge in [0.15, 0.2) is 4.87 Å². The number of carbonyl (C=O) groups is 2. The fourth-order valence-corrected chi connectivity index (χ4v) is 2.31. The van der Waals surface area contributed by atoms with E-state index in [0.717, 1.165) is 0 Å². The van der Waals surface area contributed by atoms with Crippen LogP contribution < -0.4 is 5.32 Å². The van der Waals surface area contributed by atoms with Crippen LogP contribution in [-0.4, -0.2) is 40.3 Å². The molecule has 0 aliphatic carbocycles. The van der Waals surface area contributed by atoms with E-state index in [9.17, 15) is 9.59 Å². The third-order valence-corrected chi connectivity index (χ3v) is 3.31. The largest absolute Gasteiger partial charge is 0.480 e. The molecule has 1 rings (SSSR count). The van der Waals surface area contributed by atoms with Crippen molar-refractivity contribution in [3.8, 4) is 0 Å². The van der Waals surface area contributed by atoms with Crippen molar-refractivity contribution in [2.45, 2.75) is 24.8 Å². The van der Waals surface area contributed by atoms with Crippen molar-refractivity contribution >= 4 is 23.7 Å². The molecule has 2 atom stereocenters. The van der Waals surface area contributed by atoms with Crippen molar-refractivity contribution in [1.82, 2.24) is 5.32 Å². The molecule has 0 amide bonds. The number of carbonyl (C=O) groups excluding carboxylic acids is 1. The Kier molecular flexibility index (Phi) is 3.38. The summed E-state index contributed by atoms with van der Waals surface area (Å²) in [5.74, 6) is -0.968. The zero-order valence-electron chi connectivity index (χ0n) is 8.07. The van der Waals surface area contributed by atoms with Gasteiger partial charge in [0.1, 0.15) is 6.04 Å². The number of nitrogens with one attached hydrogen (secondary N) is 1. The molecule has 0 spiro atoms. The third kappa shape index (κ3) is 2.19. The Balaban J connectivity index is 2.61. The number of thioether (sulfide) groups is 1. The predicted molar refractivity (Wildman–Crippen MR) is 52.1 cm³/mol. The summed E-state index contributed by atoms with van der Waals surface area (Å²) in [6.07, 6.45) is 0. The highest BCUT2D eigenvalue weighted by Crippen LogP contribution is 2.31. The van der Waals surface area contributed by atoms with Crippen LogP contribution in [0.1, 0.15) is 13.8 Å². The summed E-state index contributed by atoms with van der Waals surface area (Å²) in [4.78, 5) is 21.2. The summed E-state index contributed by atoms with van der Waals surface area (Å²) >= 11 is 1.26. The van der Waals surface area contributed by atoms with Gasteiger partial charge in [-0.1, -0.05) is 0 Å². The summed E-state index contributed by atoms with van der Waals surface area (Å²) in [5, 5.41) is 11.5. The Morgan fingerprint density at radius 2 is 2.36 bits per heavy atom. The Bertz CT molecular complexity index is 258. The van der Waals surface area contributed by atoms with Gasteiger partial charge in [-0.25, -0.2) is 4.79 Å². The van der Waals surface area contributed by atoms with Gasteiger partial charge in [0.05, 0.1) is 6.61 Å². The molecule has 1 fully saturated rings. The number of carboxylic acids is 1. The molecule has 0 aromatic carbocycles. The van der Waals surface area contributed by atoms with Gasteiger partial charge >= 0.3 is 11.9 Å². The summed E-state index contributed by atoms with van der Waals surface area (Å²) < 4.78 is 4.84. The minimum Gasteiger partial charge on any atom is -0.480 e. The van der Waals surface area contributed by atoms with Crippen LogP contribution in [0.25, 0.3) is 0 Å². The molecule has 0 unspecified atom stereocenters. The first-order chi connectivity index (χ1) is 6.49. The Hall–Kier alpha value is -0.750. The Labute approximate surface area is 86.2 Å². The van der Waals surface area contributed by atoms with Gasteiger partial charge in [-0.05, 0) is 13.8 Å². The third-order valence-electron chi connectivity index (χ3n) is 1.95. The molecule has 0 radical (unpaired) electrons. The molecule has 1 aliphatic heterocycles. The molecule has 14 heavy (non-hydrogen) atoms. The number of hydrogen-bond acceptors (Lipinski definition) is 5. The number of ether oxygens (including phenoxy) is 1. The van der Waals surface area contributed by atoms with Crippen LogP contribution in [0.4, 0.5) is 0 Å². The maximum Gasteiger partial charge on any atom is 0.336 e. The van der Waals surface area contributed by atoms with Crippen LogP contribution in [0.2, 0.25) is 0 Å². The lowest BCUT2D eigenvalue weighted by molar-refractivity contribution is -0.147. The van der Waals surface area contributed by atoms with Gasteiger partial charge in [0.2, 0.25) is 0 Å². The van der Waals surface area contributed by atoms with E-state index < -0.39 is 22.9 Å². The maximum atomic E-state index is 11.4. The zero-order valence-corrected chi connectivity index (χ0v) is 8.89. The van der Waals surface area contributed by atoms with E-state index in [0.29, 0.717) is 12.4 Å². The van der Waals surface area contributed by atoms with Gasteiger partial charge in [0.25, 0.3) is 0 Å². The van der Waals surface area contributed by atoms with E-state index in [-0.39, 0.29) is 0 Å². The summed E-state index contributed by atoms with van der Waals surface area (Å²) in [7, 11) is 0. The molecule has 6 heteroatoms. The predicted octanol–water partition coefficient (Wildman–Crippen LogP) is 0.0553. The monoisotopic (exact) mass is 219 g/mol. The van der Waals surface area contributed by atoms with E-state index in [1.807, 2.05) is 0 Å². The molecule has 0 bridgehead atoms. The number of aliphatic carboxylic acids is 1. The minimum absolute atomic E-state index is 0.300. The second-order valence-corrected chi connectivity index (χ2v) is 4.54. The summed E-state index contributed by atoms with van der Waals surface area (Å²) in [5.41, 5.74) is 0. The standard InChI is InChI=1S/C8H13NO4S/c1-3-13-7(12)8(2)9-5(4-14-8)6(10)11/h5,9H,3-4H2,1-2H3,(H,10,11)/t5-,8-/m1/s1. The van der Waals surface area contributed by atoms with Crippen molar-refractivity contribution in [2.24, 2.45) is 0 Å². The molecule has 0 aromatic heterocycles. The zero-order chi connectivity index (χ0) is 10.8. The summed E-state index contributed by atoms with van der Waals surface area (Å²) in [6.45, 7) is 3.66. The van der Waals surface area contributed by atoms with Crippen LogP contribution in [0, 0.1) is 0 Å². The van der Waals surface area contributed by atoms with Gasteiger partial charge in [-0.15, -0.1) is 11.8 Å². The summed E-state index contributed by atoms with van der Waals surface area (Å²) in [6, 6.07) is -0.672. The molecular formula is C8H13NO4S. The number of rotatable bonds is 3. The Morgan fingerprint density at radius 3 is 2.79 bits per heavy atom. The van der Waals surface area contributed by atoms with E-state index >= 15 is 0 Å². The lowest BCUT2D eigenvalue weighted by Gasteiger charge is -2.21. The maximum absolute atomic E-state index is 11.4. The van der Waals surface area contributed by atoms with Gasteiger partial charge in [0, 0.05) is 5.75 Å². The average Bonchev–Trinajstić information content (AvgIpc) is 2.50. The van der Waals surface area contributed by atoms with E-state index in [1.165, 1.54) is 11.8 Å². The lowest BCUT2D eigenvalue weighted by atomic mass is 10.2. The highest BCUT2D eigenvalue weighted by molar-refractivity contribution is 8.01. The van der Waals surface area contributed by atoms with Gasteiger partial charge in [-0.3, -0.25) is 10.1 Å². The fraction of sp³-hybridized carbons (Fsp3) is 0.750. The van der Waals surface area contributed by atoms with Crippen LogP contribution >= 0.6 is 11.8 Å². The first-order valence-electron chi connectivity index (χ1n) is 4.31. The quantitative estimate of drug-likeness (QED) is 0.653. The van der Waals surface area contributed by atoms with E-state index in [2.05, 4.69) is 5.32 Å². The van der Waals surface area contributed by atoms with E-state index in [4.69, 9.17) is 9.84 Å². The topological polar surface area (TPSA) is 75.6 Å². The van der Waals surface area contributed by atoms with Gasteiger partial charge < -0.3 is 9.84 Å². The lowest BCUT2D eigenvalue weighted by Crippen LogP contribution is -2.49. The molecule has 2 N–H and O–H groups in total. The molecule has 1 saturated heterocycles. The van der Waals surface area contributed by atoms with Crippen LogP contribution in [0.5, 0.6) is 0 Å². The molecular weight excluding hydrogens is 206 g/mol. The molecule has 0 aromatic rings. The highest BCUT2D eigenvalue weighted by Gasteiger charge is 2.45. The van der Waals surface area contributed by atoms with Crippen molar-refractivity contribution in [3.05, 3.63) is 0 Å². The van der Waals surface area contributed by atoms with Crippen molar-refractivity contribution in [3.63, 3.8) is 0 Å². The molecule has 80 valence electrons. The molecule has 1 heterocycles. The van der Waals surface area contributed by atoms with E-state index in [1.54, 1.807) is 13.8 Å².